The van der Waals surface area contributed by atoms with Crippen LogP contribution < -0.4 is 5.32 Å². The minimum Gasteiger partial charge on any atom is -0.360 e. The average Bonchev–Trinajstić information content (AvgIpc) is 3.29. The van der Waals surface area contributed by atoms with E-state index in [2.05, 4.69) is 15.5 Å². The summed E-state index contributed by atoms with van der Waals surface area (Å²) in [7, 11) is 0. The van der Waals surface area contributed by atoms with Gasteiger partial charge in [-0.3, -0.25) is 9.36 Å². The van der Waals surface area contributed by atoms with E-state index in [-0.39, 0.29) is 24.7 Å². The number of thioether (sulfide) groups is 1. The van der Waals surface area contributed by atoms with Crippen molar-refractivity contribution in [3.8, 4) is 0 Å². The van der Waals surface area contributed by atoms with Crippen LogP contribution in [0, 0.1) is 6.92 Å². The molecule has 0 saturated heterocycles. The van der Waals surface area contributed by atoms with Crippen molar-refractivity contribution >= 4 is 17.7 Å². The Kier molecular flexibility index (Phi) is 6.23. The number of aromatic nitrogens is 3. The summed E-state index contributed by atoms with van der Waals surface area (Å²) in [5.41, 5.74) is 1.33. The molecule has 3 aromatic rings. The van der Waals surface area contributed by atoms with Gasteiger partial charge in [-0.1, -0.05) is 17.3 Å². The molecule has 0 spiro atoms. The molecule has 0 saturated carbocycles. The van der Waals surface area contributed by atoms with E-state index in [1.807, 2.05) is 25.1 Å². The summed E-state index contributed by atoms with van der Waals surface area (Å²) in [6.45, 7) is -0.587. The highest BCUT2D eigenvalue weighted by molar-refractivity contribution is 7.98. The van der Waals surface area contributed by atoms with Gasteiger partial charge < -0.3 is 9.84 Å². The standard InChI is InChI=1S/C18H18F2N4O2S/c1-12-10-13(26-23-12)11-27-15-5-3-2-4-14(15)17(25)22-7-6-16-21-8-9-24(16)18(19)20/h2-5,8-10,18H,6-7,11H2,1H3,(H,22,25). The molecule has 0 radical (unpaired) electrons. The van der Waals surface area contributed by atoms with E-state index >= 15 is 0 Å². The van der Waals surface area contributed by atoms with Crippen LogP contribution in [0.5, 0.6) is 0 Å². The molecule has 0 aliphatic carbocycles. The highest BCUT2D eigenvalue weighted by atomic mass is 32.2. The summed E-state index contributed by atoms with van der Waals surface area (Å²) in [5.74, 6) is 1.25. The Hall–Kier alpha value is -2.68. The number of aryl methyl sites for hydroxylation is 1. The molecule has 2 aromatic heterocycles. The normalized spacial score (nSPS) is 11.1. The zero-order valence-corrected chi connectivity index (χ0v) is 15.4. The van der Waals surface area contributed by atoms with Gasteiger partial charge in [-0.2, -0.15) is 8.78 Å². The monoisotopic (exact) mass is 392 g/mol. The lowest BCUT2D eigenvalue weighted by atomic mass is 10.2. The molecule has 1 N–H and O–H groups in total. The molecule has 9 heteroatoms. The quantitative estimate of drug-likeness (QED) is 0.590. The van der Waals surface area contributed by atoms with Gasteiger partial charge in [0.25, 0.3) is 5.91 Å². The van der Waals surface area contributed by atoms with Crippen molar-refractivity contribution in [2.75, 3.05) is 6.54 Å². The smallest absolute Gasteiger partial charge is 0.319 e. The fraction of sp³-hybridized carbons (Fsp3) is 0.278. The number of nitrogens with zero attached hydrogens (tertiary/aromatic N) is 3. The third-order valence-electron chi connectivity index (χ3n) is 3.77. The lowest BCUT2D eigenvalue weighted by Crippen LogP contribution is -2.27. The number of amides is 1. The molecule has 6 nitrogen and oxygen atoms in total. The second-order valence-corrected chi connectivity index (χ2v) is 6.77. The van der Waals surface area contributed by atoms with Gasteiger partial charge in [0, 0.05) is 36.3 Å². The number of nitrogens with one attached hydrogen (secondary N) is 1. The Balaban J connectivity index is 1.58. The molecular formula is C18H18F2N4O2S. The summed E-state index contributed by atoms with van der Waals surface area (Å²) in [4.78, 5) is 17.2. The first-order valence-corrected chi connectivity index (χ1v) is 9.25. The van der Waals surface area contributed by atoms with Crippen molar-refractivity contribution in [2.45, 2.75) is 30.5 Å². The van der Waals surface area contributed by atoms with Gasteiger partial charge in [0.1, 0.15) is 11.6 Å². The number of benzene rings is 1. The zero-order valence-electron chi connectivity index (χ0n) is 14.6. The van der Waals surface area contributed by atoms with Crippen LogP contribution in [0.3, 0.4) is 0 Å². The molecule has 0 aliphatic heterocycles. The number of carbonyl (C=O) groups is 1. The van der Waals surface area contributed by atoms with Crippen molar-refractivity contribution < 1.29 is 18.1 Å². The van der Waals surface area contributed by atoms with Crippen molar-refractivity contribution in [3.05, 3.63) is 65.6 Å². The van der Waals surface area contributed by atoms with Crippen LogP contribution in [0.1, 0.15) is 34.2 Å². The minimum atomic E-state index is -2.64. The number of imidazole rings is 1. The maximum absolute atomic E-state index is 12.8. The van der Waals surface area contributed by atoms with E-state index in [4.69, 9.17) is 4.52 Å². The van der Waals surface area contributed by atoms with E-state index in [0.29, 0.717) is 11.3 Å². The van der Waals surface area contributed by atoms with E-state index in [0.717, 1.165) is 20.9 Å². The molecule has 0 unspecified atom stereocenters. The van der Waals surface area contributed by atoms with Crippen molar-refractivity contribution in [1.29, 1.82) is 0 Å². The van der Waals surface area contributed by atoms with Crippen LogP contribution in [-0.4, -0.2) is 27.2 Å². The second kappa shape index (κ2) is 8.81. The van der Waals surface area contributed by atoms with Gasteiger partial charge in [0.15, 0.2) is 0 Å². The van der Waals surface area contributed by atoms with Crippen LogP contribution in [0.25, 0.3) is 0 Å². The number of hydrogen-bond acceptors (Lipinski definition) is 5. The molecule has 0 atom stereocenters. The summed E-state index contributed by atoms with van der Waals surface area (Å²) in [6.07, 6.45) is 2.76. The Labute approximate surface area is 159 Å². The second-order valence-electron chi connectivity index (χ2n) is 5.75. The van der Waals surface area contributed by atoms with Crippen LogP contribution in [0.2, 0.25) is 0 Å². The first-order valence-electron chi connectivity index (χ1n) is 8.26. The molecule has 2 heterocycles. The maximum Gasteiger partial charge on any atom is 0.319 e. The number of alkyl halides is 2. The molecule has 142 valence electrons. The van der Waals surface area contributed by atoms with Crippen LogP contribution in [0.15, 0.2) is 52.1 Å². The molecule has 3 rings (SSSR count). The first kappa shape index (κ1) is 19.1. The fourth-order valence-electron chi connectivity index (χ4n) is 2.51. The van der Waals surface area contributed by atoms with Crippen LogP contribution in [-0.2, 0) is 12.2 Å². The van der Waals surface area contributed by atoms with Crippen molar-refractivity contribution in [3.63, 3.8) is 0 Å². The lowest BCUT2D eigenvalue weighted by molar-refractivity contribution is 0.0670. The molecule has 1 amide bonds. The number of rotatable bonds is 8. The SMILES string of the molecule is Cc1cc(CSc2ccccc2C(=O)NCCc2nccn2C(F)F)on1. The molecule has 1 aromatic carbocycles. The van der Waals surface area contributed by atoms with Crippen molar-refractivity contribution in [2.24, 2.45) is 0 Å². The number of carbonyl (C=O) groups excluding carboxylic acids is 1. The van der Waals surface area contributed by atoms with Gasteiger partial charge in [0.2, 0.25) is 0 Å². The van der Waals surface area contributed by atoms with E-state index in [1.165, 1.54) is 24.2 Å². The molecular weight excluding hydrogens is 374 g/mol. The van der Waals surface area contributed by atoms with Crippen molar-refractivity contribution in [1.82, 2.24) is 20.0 Å². The van der Waals surface area contributed by atoms with E-state index < -0.39 is 6.55 Å². The van der Waals surface area contributed by atoms with Gasteiger partial charge in [-0.15, -0.1) is 11.8 Å². The number of hydrogen-bond donors (Lipinski definition) is 1. The minimum absolute atomic E-state index is 0.211. The first-order chi connectivity index (χ1) is 13.0. The molecule has 27 heavy (non-hydrogen) atoms. The highest BCUT2D eigenvalue weighted by Crippen LogP contribution is 2.26. The van der Waals surface area contributed by atoms with Gasteiger partial charge in [-0.25, -0.2) is 4.98 Å². The van der Waals surface area contributed by atoms with Gasteiger partial charge in [0.05, 0.1) is 17.0 Å². The fourth-order valence-corrected chi connectivity index (χ4v) is 3.44. The number of halogens is 2. The Bertz CT molecular complexity index is 910. The maximum atomic E-state index is 12.8. The largest absolute Gasteiger partial charge is 0.360 e. The Morgan fingerprint density at radius 2 is 2.19 bits per heavy atom. The third-order valence-corrected chi connectivity index (χ3v) is 4.87. The van der Waals surface area contributed by atoms with Crippen LogP contribution >= 0.6 is 11.8 Å². The van der Waals surface area contributed by atoms with Crippen LogP contribution in [0.4, 0.5) is 8.78 Å². The Morgan fingerprint density at radius 3 is 2.93 bits per heavy atom. The van der Waals surface area contributed by atoms with E-state index in [1.54, 1.807) is 12.1 Å². The summed E-state index contributed by atoms with van der Waals surface area (Å²) in [5, 5.41) is 6.60. The summed E-state index contributed by atoms with van der Waals surface area (Å²) >= 11 is 1.47. The lowest BCUT2D eigenvalue weighted by Gasteiger charge is -2.10. The predicted octanol–water partition coefficient (Wildman–Crippen LogP) is 3.84. The highest BCUT2D eigenvalue weighted by Gasteiger charge is 2.14. The third kappa shape index (κ3) is 4.94. The molecule has 0 fully saturated rings. The molecule has 0 bridgehead atoms. The van der Waals surface area contributed by atoms with E-state index in [9.17, 15) is 13.6 Å². The molecule has 0 aliphatic rings. The average molecular weight is 392 g/mol. The van der Waals surface area contributed by atoms with Gasteiger partial charge in [-0.05, 0) is 19.1 Å². The Morgan fingerprint density at radius 1 is 1.37 bits per heavy atom. The summed E-state index contributed by atoms with van der Waals surface area (Å²) < 4.78 is 31.6. The topological polar surface area (TPSA) is 73.0 Å². The predicted molar refractivity (Wildman–Crippen MR) is 96.8 cm³/mol. The zero-order chi connectivity index (χ0) is 19.2. The summed E-state index contributed by atoms with van der Waals surface area (Å²) in [6, 6.07) is 9.06. The van der Waals surface area contributed by atoms with Gasteiger partial charge >= 0.3 is 6.55 Å².